The lowest BCUT2D eigenvalue weighted by molar-refractivity contribution is -0.870. The van der Waals surface area contributed by atoms with E-state index in [1.54, 1.807) is 6.08 Å². The average molecular weight is 785 g/mol. The second-order valence-corrected chi connectivity index (χ2v) is 18.2. The Balaban J connectivity index is 4.45. The Morgan fingerprint density at radius 3 is 1.50 bits per heavy atom. The van der Waals surface area contributed by atoms with Gasteiger partial charge in [0, 0.05) is 6.42 Å². The molecule has 0 bridgehead atoms. The third-order valence-corrected chi connectivity index (χ3v) is 11.1. The number of aliphatic hydroxyl groups excluding tert-OH is 1. The number of carbonyl (C=O) groups is 1. The van der Waals surface area contributed by atoms with Gasteiger partial charge in [0.1, 0.15) is 13.2 Å². The number of phosphoric acid groups is 1. The third-order valence-electron chi connectivity index (χ3n) is 10.2. The van der Waals surface area contributed by atoms with Crippen LogP contribution < -0.4 is 10.2 Å². The van der Waals surface area contributed by atoms with Crippen LogP contribution in [0.3, 0.4) is 0 Å². The molecule has 0 aromatic carbocycles. The van der Waals surface area contributed by atoms with E-state index in [9.17, 15) is 19.4 Å². The number of hydrogen-bond donors (Lipinski definition) is 2. The number of quaternary nitrogens is 1. The number of amides is 1. The number of nitrogens with one attached hydrogen (secondary N) is 1. The minimum Gasteiger partial charge on any atom is -0.756 e. The van der Waals surface area contributed by atoms with Crippen LogP contribution >= 0.6 is 7.82 Å². The number of aliphatic hydroxyl groups is 1. The highest BCUT2D eigenvalue weighted by molar-refractivity contribution is 7.45. The van der Waals surface area contributed by atoms with Crippen LogP contribution in [0.15, 0.2) is 24.3 Å². The zero-order valence-corrected chi connectivity index (χ0v) is 37.1. The molecular formula is C45H89N2O6P. The van der Waals surface area contributed by atoms with Crippen molar-refractivity contribution in [3.05, 3.63) is 24.3 Å². The van der Waals surface area contributed by atoms with Crippen molar-refractivity contribution in [2.75, 3.05) is 40.9 Å². The molecule has 2 N–H and O–H groups in total. The van der Waals surface area contributed by atoms with Crippen molar-refractivity contribution in [3.63, 3.8) is 0 Å². The number of unbranched alkanes of at least 4 members (excludes halogenated alkanes) is 26. The lowest BCUT2D eigenvalue weighted by Crippen LogP contribution is -2.45. The average Bonchev–Trinajstić information content (AvgIpc) is 3.12. The van der Waals surface area contributed by atoms with E-state index in [0.717, 1.165) is 38.5 Å². The second-order valence-electron chi connectivity index (χ2n) is 16.8. The molecule has 3 atom stereocenters. The number of likely N-dealkylation sites (N-methyl/N-ethyl adjacent to an activating group) is 1. The Kier molecular flexibility index (Phi) is 36.8. The maximum Gasteiger partial charge on any atom is 0.268 e. The van der Waals surface area contributed by atoms with Crippen LogP contribution in [-0.4, -0.2) is 68.5 Å². The zero-order valence-electron chi connectivity index (χ0n) is 36.2. The first-order valence-corrected chi connectivity index (χ1v) is 24.2. The summed E-state index contributed by atoms with van der Waals surface area (Å²) in [5.41, 5.74) is 0. The lowest BCUT2D eigenvalue weighted by Gasteiger charge is -2.29. The molecule has 0 saturated heterocycles. The standard InChI is InChI=1S/C45H89N2O6P/c1-6-8-10-12-14-16-18-20-22-23-24-25-26-28-30-32-34-36-38-44(48)43(42-53-54(50,51)52-41-40-47(3,4)5)46-45(49)39-37-35-33-31-29-27-21-19-17-15-13-11-9-7-2/h28,30,36,38,43-44,48H,6-27,29,31-35,37,39-42H2,1-5H3,(H-,46,49,50,51)/b30-28+,38-36+. The van der Waals surface area contributed by atoms with Gasteiger partial charge in [-0.05, 0) is 32.1 Å². The predicted molar refractivity (Wildman–Crippen MR) is 228 cm³/mol. The van der Waals surface area contributed by atoms with Crippen LogP contribution in [-0.2, 0) is 18.4 Å². The highest BCUT2D eigenvalue weighted by Gasteiger charge is 2.23. The Morgan fingerprint density at radius 1 is 0.630 bits per heavy atom. The van der Waals surface area contributed by atoms with E-state index in [2.05, 4.69) is 31.3 Å². The van der Waals surface area contributed by atoms with E-state index >= 15 is 0 Å². The van der Waals surface area contributed by atoms with Crippen LogP contribution in [0.2, 0.25) is 0 Å². The fourth-order valence-corrected chi connectivity index (χ4v) is 7.24. The maximum atomic E-state index is 12.8. The SMILES string of the molecule is CCCCCCCCCCCCCC/C=C/CC/C=C/C(O)C(COP(=O)([O-])OCC[N+](C)(C)C)NC(=O)CCCCCCCCCCCCCCCC. The van der Waals surface area contributed by atoms with Crippen LogP contribution in [0.1, 0.15) is 206 Å². The fourth-order valence-electron chi connectivity index (χ4n) is 6.52. The number of hydrogen-bond acceptors (Lipinski definition) is 6. The van der Waals surface area contributed by atoms with E-state index in [-0.39, 0.29) is 19.1 Å². The van der Waals surface area contributed by atoms with Gasteiger partial charge >= 0.3 is 0 Å². The molecule has 0 aromatic heterocycles. The molecule has 0 radical (unpaired) electrons. The number of carbonyl (C=O) groups excluding carboxylic acids is 1. The quantitative estimate of drug-likeness (QED) is 0.0277. The van der Waals surface area contributed by atoms with Gasteiger partial charge in [0.25, 0.3) is 7.82 Å². The molecule has 0 rings (SSSR count). The van der Waals surface area contributed by atoms with Gasteiger partial charge in [0.15, 0.2) is 0 Å². The Hall–Kier alpha value is -1.02. The van der Waals surface area contributed by atoms with E-state index in [4.69, 9.17) is 9.05 Å². The summed E-state index contributed by atoms with van der Waals surface area (Å²) in [5, 5.41) is 13.8. The molecule has 1 amide bonds. The molecule has 0 saturated carbocycles. The normalized spacial score (nSPS) is 14.6. The Morgan fingerprint density at radius 2 is 1.04 bits per heavy atom. The summed E-state index contributed by atoms with van der Waals surface area (Å²) < 4.78 is 23.2. The molecule has 8 nitrogen and oxygen atoms in total. The molecule has 3 unspecified atom stereocenters. The van der Waals surface area contributed by atoms with Crippen LogP contribution in [0, 0.1) is 0 Å². The molecule has 54 heavy (non-hydrogen) atoms. The van der Waals surface area contributed by atoms with Crippen molar-refractivity contribution in [1.82, 2.24) is 5.32 Å². The predicted octanol–water partition coefficient (Wildman–Crippen LogP) is 11.9. The molecule has 0 spiro atoms. The minimum absolute atomic E-state index is 0.00425. The van der Waals surface area contributed by atoms with Crippen LogP contribution in [0.25, 0.3) is 0 Å². The smallest absolute Gasteiger partial charge is 0.268 e. The van der Waals surface area contributed by atoms with Crippen molar-refractivity contribution in [3.8, 4) is 0 Å². The van der Waals surface area contributed by atoms with Crippen LogP contribution in [0.4, 0.5) is 0 Å². The molecule has 9 heteroatoms. The first-order valence-electron chi connectivity index (χ1n) is 22.7. The number of nitrogens with zero attached hydrogens (tertiary/aromatic N) is 1. The van der Waals surface area contributed by atoms with Crippen molar-refractivity contribution in [1.29, 1.82) is 0 Å². The summed E-state index contributed by atoms with van der Waals surface area (Å²) in [6, 6.07) is -0.897. The van der Waals surface area contributed by atoms with Gasteiger partial charge in [-0.25, -0.2) is 0 Å². The molecule has 0 aliphatic heterocycles. The van der Waals surface area contributed by atoms with E-state index in [1.807, 2.05) is 27.2 Å². The first-order chi connectivity index (χ1) is 26.0. The molecule has 0 aliphatic rings. The monoisotopic (exact) mass is 785 g/mol. The van der Waals surface area contributed by atoms with Gasteiger partial charge < -0.3 is 28.8 Å². The summed E-state index contributed by atoms with van der Waals surface area (Å²) in [5.74, 6) is -0.206. The zero-order chi connectivity index (χ0) is 40.0. The van der Waals surface area contributed by atoms with Crippen molar-refractivity contribution in [2.45, 2.75) is 219 Å². The Bertz CT molecular complexity index is 938. The van der Waals surface area contributed by atoms with Crippen molar-refractivity contribution in [2.24, 2.45) is 0 Å². The van der Waals surface area contributed by atoms with Gasteiger partial charge in [-0.3, -0.25) is 9.36 Å². The third kappa shape index (κ3) is 39.2. The number of allylic oxidation sites excluding steroid dienone is 3. The maximum absolute atomic E-state index is 12.8. The number of rotatable bonds is 41. The highest BCUT2D eigenvalue weighted by atomic mass is 31.2. The topological polar surface area (TPSA) is 108 Å². The van der Waals surface area contributed by atoms with E-state index in [1.165, 1.54) is 148 Å². The molecule has 320 valence electrons. The summed E-state index contributed by atoms with van der Waals surface area (Å²) >= 11 is 0. The van der Waals surface area contributed by atoms with E-state index in [0.29, 0.717) is 17.4 Å². The molecule has 0 heterocycles. The number of phosphoric ester groups is 1. The van der Waals surface area contributed by atoms with Crippen molar-refractivity contribution >= 4 is 13.7 Å². The highest BCUT2D eigenvalue weighted by Crippen LogP contribution is 2.38. The summed E-state index contributed by atoms with van der Waals surface area (Å²) in [7, 11) is 1.25. The van der Waals surface area contributed by atoms with Gasteiger partial charge in [0.2, 0.25) is 5.91 Å². The summed E-state index contributed by atoms with van der Waals surface area (Å²) in [4.78, 5) is 25.3. The van der Waals surface area contributed by atoms with Gasteiger partial charge in [-0.15, -0.1) is 0 Å². The summed E-state index contributed by atoms with van der Waals surface area (Å²) in [6.45, 7) is 4.63. The van der Waals surface area contributed by atoms with Gasteiger partial charge in [0.05, 0.1) is 39.9 Å². The van der Waals surface area contributed by atoms with Crippen LogP contribution in [0.5, 0.6) is 0 Å². The first kappa shape index (κ1) is 53.0. The largest absolute Gasteiger partial charge is 0.756 e. The molecule has 0 aromatic rings. The molecular weight excluding hydrogens is 695 g/mol. The van der Waals surface area contributed by atoms with E-state index < -0.39 is 20.0 Å². The summed E-state index contributed by atoms with van der Waals surface area (Å²) in [6.07, 6.45) is 43.7. The minimum atomic E-state index is -4.59. The van der Waals surface area contributed by atoms with Gasteiger partial charge in [-0.1, -0.05) is 192 Å². The fraction of sp³-hybridized carbons (Fsp3) is 0.889. The second kappa shape index (κ2) is 37.6. The lowest BCUT2D eigenvalue weighted by atomic mass is 10.0. The molecule has 0 fully saturated rings. The van der Waals surface area contributed by atoms with Gasteiger partial charge in [-0.2, -0.15) is 0 Å². The molecule has 0 aliphatic carbocycles. The van der Waals surface area contributed by atoms with Crippen molar-refractivity contribution < 1.29 is 32.9 Å². The Labute approximate surface area is 334 Å².